The van der Waals surface area contributed by atoms with Crippen LogP contribution in [0.2, 0.25) is 0 Å². The second-order valence-corrected chi connectivity index (χ2v) is 5.82. The Balaban J connectivity index is 1.45. The molecular weight excluding hydrogens is 294 g/mol. The molecule has 4 rings (SSSR count). The van der Waals surface area contributed by atoms with Gasteiger partial charge in [0.15, 0.2) is 5.69 Å². The summed E-state index contributed by atoms with van der Waals surface area (Å²) in [7, 11) is 0. The van der Waals surface area contributed by atoms with Crippen LogP contribution in [0.25, 0.3) is 0 Å². The van der Waals surface area contributed by atoms with Crippen molar-refractivity contribution in [1.82, 2.24) is 19.7 Å². The molecule has 7 nitrogen and oxygen atoms in total. The highest BCUT2D eigenvalue weighted by Gasteiger charge is 2.29. The average Bonchev–Trinajstić information content (AvgIpc) is 3.18. The van der Waals surface area contributed by atoms with Gasteiger partial charge in [0.25, 0.3) is 5.91 Å². The van der Waals surface area contributed by atoms with E-state index in [1.54, 1.807) is 10.9 Å². The number of amides is 1. The molecule has 2 aromatic rings. The zero-order valence-corrected chi connectivity index (χ0v) is 13.1. The summed E-state index contributed by atoms with van der Waals surface area (Å²) in [6.07, 6.45) is 1.79. The number of pyridine rings is 1. The summed E-state index contributed by atoms with van der Waals surface area (Å²) in [4.78, 5) is 21.2. The van der Waals surface area contributed by atoms with Gasteiger partial charge in [0.05, 0.1) is 6.54 Å². The molecule has 2 aliphatic heterocycles. The molecule has 0 saturated carbocycles. The van der Waals surface area contributed by atoms with Crippen molar-refractivity contribution < 1.29 is 9.53 Å². The Morgan fingerprint density at radius 2 is 2.00 bits per heavy atom. The molecule has 7 heteroatoms. The van der Waals surface area contributed by atoms with Crippen molar-refractivity contribution in [3.05, 3.63) is 35.7 Å². The summed E-state index contributed by atoms with van der Waals surface area (Å²) in [6.45, 7) is 6.19. The largest absolute Gasteiger partial charge is 0.476 e. The fourth-order valence-corrected chi connectivity index (χ4v) is 3.13. The monoisotopic (exact) mass is 313 g/mol. The fourth-order valence-electron chi connectivity index (χ4n) is 3.13. The van der Waals surface area contributed by atoms with Crippen LogP contribution in [0.4, 0.5) is 5.82 Å². The highest BCUT2D eigenvalue weighted by Crippen LogP contribution is 2.26. The van der Waals surface area contributed by atoms with Gasteiger partial charge in [-0.15, -0.1) is 0 Å². The Kier molecular flexibility index (Phi) is 3.40. The molecule has 0 atom stereocenters. The van der Waals surface area contributed by atoms with Crippen molar-refractivity contribution in [1.29, 1.82) is 0 Å². The van der Waals surface area contributed by atoms with Gasteiger partial charge in [-0.2, -0.15) is 5.10 Å². The van der Waals surface area contributed by atoms with E-state index in [-0.39, 0.29) is 5.91 Å². The number of carbonyl (C=O) groups excluding carboxylic acids is 1. The van der Waals surface area contributed by atoms with Gasteiger partial charge in [-0.3, -0.25) is 4.79 Å². The minimum absolute atomic E-state index is 0.00586. The van der Waals surface area contributed by atoms with E-state index in [0.717, 1.165) is 36.9 Å². The predicted octanol–water partition coefficient (Wildman–Crippen LogP) is 0.941. The lowest BCUT2D eigenvalue weighted by Crippen LogP contribution is -2.49. The first-order valence-corrected chi connectivity index (χ1v) is 7.89. The molecule has 0 radical (unpaired) electrons. The first kappa shape index (κ1) is 14.0. The molecule has 0 bridgehead atoms. The van der Waals surface area contributed by atoms with E-state index in [4.69, 9.17) is 4.74 Å². The number of anilines is 1. The topological polar surface area (TPSA) is 63.5 Å². The summed E-state index contributed by atoms with van der Waals surface area (Å²) >= 11 is 0. The molecule has 0 aliphatic carbocycles. The average molecular weight is 313 g/mol. The van der Waals surface area contributed by atoms with Gasteiger partial charge in [0, 0.05) is 37.9 Å². The van der Waals surface area contributed by atoms with Gasteiger partial charge in [-0.25, -0.2) is 9.67 Å². The van der Waals surface area contributed by atoms with E-state index >= 15 is 0 Å². The Morgan fingerprint density at radius 1 is 1.17 bits per heavy atom. The molecule has 4 heterocycles. The molecule has 1 amide bonds. The van der Waals surface area contributed by atoms with Crippen molar-refractivity contribution in [2.24, 2.45) is 0 Å². The minimum atomic E-state index is -0.00586. The molecule has 2 aliphatic rings. The lowest BCUT2D eigenvalue weighted by atomic mass is 10.2. The number of carbonyl (C=O) groups is 1. The Bertz CT molecular complexity index is 720. The number of hydrogen-bond donors (Lipinski definition) is 0. The van der Waals surface area contributed by atoms with Crippen LogP contribution in [0, 0.1) is 6.92 Å². The van der Waals surface area contributed by atoms with Crippen LogP contribution < -0.4 is 9.64 Å². The number of nitrogens with zero attached hydrogens (tertiary/aromatic N) is 5. The third kappa shape index (κ3) is 2.42. The van der Waals surface area contributed by atoms with E-state index in [2.05, 4.69) is 15.0 Å². The number of fused-ring (bicyclic) bond motifs is 1. The van der Waals surface area contributed by atoms with Crippen molar-refractivity contribution in [2.45, 2.75) is 13.5 Å². The lowest BCUT2D eigenvalue weighted by Gasteiger charge is -2.35. The Labute approximate surface area is 134 Å². The van der Waals surface area contributed by atoms with E-state index in [1.807, 2.05) is 30.0 Å². The summed E-state index contributed by atoms with van der Waals surface area (Å²) in [6, 6.07) is 5.89. The van der Waals surface area contributed by atoms with E-state index < -0.39 is 0 Å². The van der Waals surface area contributed by atoms with Crippen molar-refractivity contribution in [2.75, 3.05) is 37.7 Å². The second-order valence-electron chi connectivity index (χ2n) is 5.82. The third-order valence-electron chi connectivity index (χ3n) is 4.42. The van der Waals surface area contributed by atoms with Gasteiger partial charge >= 0.3 is 0 Å². The maximum atomic E-state index is 12.7. The molecule has 120 valence electrons. The van der Waals surface area contributed by atoms with E-state index in [0.29, 0.717) is 25.4 Å². The predicted molar refractivity (Wildman–Crippen MR) is 84.8 cm³/mol. The molecule has 23 heavy (non-hydrogen) atoms. The highest BCUT2D eigenvalue weighted by molar-refractivity contribution is 5.94. The smallest absolute Gasteiger partial charge is 0.274 e. The molecule has 0 N–H and O–H groups in total. The summed E-state index contributed by atoms with van der Waals surface area (Å²) < 4.78 is 7.32. The highest BCUT2D eigenvalue weighted by atomic mass is 16.5. The third-order valence-corrected chi connectivity index (χ3v) is 4.42. The first-order valence-electron chi connectivity index (χ1n) is 7.89. The standard InChI is InChI=1S/C16H19N5O2/c1-12-14(18-21-10-11-23-16(12)21)15(22)20-8-6-19(7-9-20)13-4-2-3-5-17-13/h2-5H,6-11H2,1H3. The van der Waals surface area contributed by atoms with Gasteiger partial charge in [-0.1, -0.05) is 6.07 Å². The quantitative estimate of drug-likeness (QED) is 0.826. The zero-order valence-electron chi connectivity index (χ0n) is 13.1. The number of piperazine rings is 1. The minimum Gasteiger partial charge on any atom is -0.476 e. The number of hydrogen-bond acceptors (Lipinski definition) is 5. The molecule has 1 saturated heterocycles. The van der Waals surface area contributed by atoms with Crippen LogP contribution in [0.5, 0.6) is 5.88 Å². The maximum absolute atomic E-state index is 12.7. The van der Waals surface area contributed by atoms with Crippen LogP contribution in [-0.2, 0) is 6.54 Å². The van der Waals surface area contributed by atoms with Crippen molar-refractivity contribution in [3.63, 3.8) is 0 Å². The summed E-state index contributed by atoms with van der Waals surface area (Å²) in [5.74, 6) is 1.69. The summed E-state index contributed by atoms with van der Waals surface area (Å²) in [5, 5.41) is 4.42. The van der Waals surface area contributed by atoms with Gasteiger partial charge in [0.1, 0.15) is 12.4 Å². The van der Waals surface area contributed by atoms with Crippen LogP contribution in [0.15, 0.2) is 24.4 Å². The van der Waals surface area contributed by atoms with Crippen molar-refractivity contribution >= 4 is 11.7 Å². The molecule has 0 aromatic carbocycles. The lowest BCUT2D eigenvalue weighted by molar-refractivity contribution is 0.0738. The molecule has 1 fully saturated rings. The second kappa shape index (κ2) is 5.57. The summed E-state index contributed by atoms with van der Waals surface area (Å²) in [5.41, 5.74) is 1.37. The zero-order chi connectivity index (χ0) is 15.8. The Hall–Kier alpha value is -2.57. The number of rotatable bonds is 2. The first-order chi connectivity index (χ1) is 11.2. The van der Waals surface area contributed by atoms with E-state index in [1.165, 1.54) is 0 Å². The molecule has 0 unspecified atom stereocenters. The Morgan fingerprint density at radius 3 is 2.70 bits per heavy atom. The number of aromatic nitrogens is 3. The molecule has 2 aromatic heterocycles. The fraction of sp³-hybridized carbons (Fsp3) is 0.438. The van der Waals surface area contributed by atoms with Crippen LogP contribution in [0.1, 0.15) is 16.1 Å². The van der Waals surface area contributed by atoms with Crippen LogP contribution in [0.3, 0.4) is 0 Å². The molecular formula is C16H19N5O2. The maximum Gasteiger partial charge on any atom is 0.274 e. The van der Waals surface area contributed by atoms with Gasteiger partial charge in [0.2, 0.25) is 5.88 Å². The van der Waals surface area contributed by atoms with Crippen LogP contribution >= 0.6 is 0 Å². The SMILES string of the molecule is Cc1c(C(=O)N2CCN(c3ccccn3)CC2)nn2c1OCC2. The van der Waals surface area contributed by atoms with Crippen LogP contribution in [-0.4, -0.2) is 58.4 Å². The number of ether oxygens (including phenoxy) is 1. The molecule has 0 spiro atoms. The van der Waals surface area contributed by atoms with E-state index in [9.17, 15) is 4.79 Å². The van der Waals surface area contributed by atoms with Crippen molar-refractivity contribution in [3.8, 4) is 5.88 Å². The van der Waals surface area contributed by atoms with Gasteiger partial charge < -0.3 is 14.5 Å². The van der Waals surface area contributed by atoms with Gasteiger partial charge in [-0.05, 0) is 19.1 Å². The normalized spacial score (nSPS) is 17.1.